The molecule has 78 valence electrons. The molecule has 0 aliphatic heterocycles. The van der Waals surface area contributed by atoms with Crippen LogP contribution in [-0.2, 0) is 11.2 Å². The van der Waals surface area contributed by atoms with Gasteiger partial charge in [-0.3, -0.25) is 0 Å². The van der Waals surface area contributed by atoms with Crippen molar-refractivity contribution >= 4 is 37.6 Å². The Morgan fingerprint density at radius 2 is 1.79 bits per heavy atom. The molecule has 0 amide bonds. The lowest BCUT2D eigenvalue weighted by molar-refractivity contribution is -0.116. The summed E-state index contributed by atoms with van der Waals surface area (Å²) in [6.45, 7) is 1.62. The second-order valence-electron chi connectivity index (χ2n) is 2.90. The first-order valence-corrected chi connectivity index (χ1v) is 5.62. The first kappa shape index (κ1) is 13.8. The van der Waals surface area contributed by atoms with Crippen molar-refractivity contribution in [3.8, 4) is 0 Å². The molecule has 1 nitrogen and oxygen atoms in total. The number of ketones is 1. The van der Waals surface area contributed by atoms with Crippen LogP contribution < -0.4 is 0 Å². The van der Waals surface area contributed by atoms with E-state index in [2.05, 4.69) is 31.9 Å². The lowest BCUT2D eigenvalue weighted by atomic mass is 10.1. The Morgan fingerprint density at radius 3 is 2.21 bits per heavy atom. The van der Waals surface area contributed by atoms with Crippen molar-refractivity contribution in [1.82, 2.24) is 0 Å². The third-order valence-corrected chi connectivity index (χ3v) is 3.27. The van der Waals surface area contributed by atoms with Crippen LogP contribution in [0.4, 0.5) is 0 Å². The number of rotatable bonds is 3. The Labute approximate surface area is 102 Å². The van der Waals surface area contributed by atoms with E-state index in [9.17, 15) is 4.79 Å². The highest BCUT2D eigenvalue weighted by atomic mass is 79.9. The van der Waals surface area contributed by atoms with Crippen molar-refractivity contribution in [3.05, 3.63) is 32.7 Å². The van der Waals surface area contributed by atoms with Crippen LogP contribution in [0.5, 0.6) is 0 Å². The summed E-state index contributed by atoms with van der Waals surface area (Å²) in [5, 5.41) is 0. The van der Waals surface area contributed by atoms with Crippen LogP contribution in [0, 0.1) is 0 Å². The summed E-state index contributed by atoms with van der Waals surface area (Å²) in [6, 6.07) is 5.94. The van der Waals surface area contributed by atoms with E-state index in [1.165, 1.54) is 0 Å². The highest BCUT2D eigenvalue weighted by Gasteiger charge is 2.05. The predicted molar refractivity (Wildman–Crippen MR) is 67.6 cm³/mol. The quantitative estimate of drug-likeness (QED) is 0.808. The normalized spacial score (nSPS) is 9.36. The number of halogens is 2. The average molecular weight is 322 g/mol. The van der Waals surface area contributed by atoms with Gasteiger partial charge in [0.05, 0.1) is 0 Å². The molecule has 0 fully saturated rings. The number of hydrogen-bond acceptors (Lipinski definition) is 1. The van der Waals surface area contributed by atoms with Crippen molar-refractivity contribution in [3.63, 3.8) is 0 Å². The largest absolute Gasteiger partial charge is 0.300 e. The maximum absolute atomic E-state index is 10.8. The zero-order chi connectivity index (χ0) is 9.84. The second-order valence-corrected chi connectivity index (χ2v) is 4.61. The van der Waals surface area contributed by atoms with Crippen molar-refractivity contribution in [2.45, 2.75) is 27.2 Å². The average Bonchev–Trinajstić information content (AvgIpc) is 2.03. The van der Waals surface area contributed by atoms with Crippen molar-refractivity contribution in [1.29, 1.82) is 0 Å². The van der Waals surface area contributed by atoms with Gasteiger partial charge in [0.15, 0.2) is 0 Å². The van der Waals surface area contributed by atoms with Crippen molar-refractivity contribution in [2.24, 2.45) is 0 Å². The molecule has 0 aromatic heterocycles. The third kappa shape index (κ3) is 3.93. The van der Waals surface area contributed by atoms with E-state index in [1.54, 1.807) is 6.92 Å². The van der Waals surface area contributed by atoms with Crippen LogP contribution in [0.3, 0.4) is 0 Å². The van der Waals surface area contributed by atoms with Gasteiger partial charge < -0.3 is 4.79 Å². The van der Waals surface area contributed by atoms with Crippen LogP contribution in [0.15, 0.2) is 27.1 Å². The van der Waals surface area contributed by atoms with E-state index in [1.807, 2.05) is 18.2 Å². The minimum atomic E-state index is 0. The topological polar surface area (TPSA) is 17.1 Å². The maximum atomic E-state index is 10.8. The SMILES string of the molecule is C.CC(=O)CCc1c(Br)cccc1Br. The molecule has 0 bridgehead atoms. The van der Waals surface area contributed by atoms with Crippen LogP contribution in [0.2, 0.25) is 0 Å². The summed E-state index contributed by atoms with van der Waals surface area (Å²) < 4.78 is 2.12. The van der Waals surface area contributed by atoms with Gasteiger partial charge in [0, 0.05) is 15.4 Å². The summed E-state index contributed by atoms with van der Waals surface area (Å²) >= 11 is 6.91. The van der Waals surface area contributed by atoms with Gasteiger partial charge in [-0.15, -0.1) is 0 Å². The van der Waals surface area contributed by atoms with Gasteiger partial charge >= 0.3 is 0 Å². The first-order valence-electron chi connectivity index (χ1n) is 4.03. The Kier molecular flexibility index (Phi) is 6.29. The Hall–Kier alpha value is -0.150. The molecule has 0 atom stereocenters. The standard InChI is InChI=1S/C10H10Br2O.CH4/c1-7(13)5-6-8-9(11)3-2-4-10(8)12;/h2-4H,5-6H2,1H3;1H4. The van der Waals surface area contributed by atoms with E-state index < -0.39 is 0 Å². The molecule has 0 unspecified atom stereocenters. The third-order valence-electron chi connectivity index (χ3n) is 1.79. The highest BCUT2D eigenvalue weighted by molar-refractivity contribution is 9.11. The van der Waals surface area contributed by atoms with E-state index in [-0.39, 0.29) is 13.2 Å². The molecule has 3 heteroatoms. The highest BCUT2D eigenvalue weighted by Crippen LogP contribution is 2.26. The van der Waals surface area contributed by atoms with Crippen LogP contribution in [0.25, 0.3) is 0 Å². The minimum absolute atomic E-state index is 0. The Morgan fingerprint density at radius 1 is 1.29 bits per heavy atom. The minimum Gasteiger partial charge on any atom is -0.300 e. The van der Waals surface area contributed by atoms with Crippen LogP contribution in [0.1, 0.15) is 26.3 Å². The monoisotopic (exact) mass is 320 g/mol. The predicted octanol–water partition coefficient (Wildman–Crippen LogP) is 4.37. The molecule has 0 saturated carbocycles. The van der Waals surface area contributed by atoms with Gasteiger partial charge in [-0.2, -0.15) is 0 Å². The molecule has 0 radical (unpaired) electrons. The summed E-state index contributed by atoms with van der Waals surface area (Å²) in [5.41, 5.74) is 1.16. The van der Waals surface area contributed by atoms with Gasteiger partial charge in [0.1, 0.15) is 5.78 Å². The van der Waals surface area contributed by atoms with Crippen LogP contribution in [-0.4, -0.2) is 5.78 Å². The van der Waals surface area contributed by atoms with E-state index in [0.717, 1.165) is 20.9 Å². The second kappa shape index (κ2) is 6.36. The van der Waals surface area contributed by atoms with E-state index in [4.69, 9.17) is 0 Å². The molecule has 14 heavy (non-hydrogen) atoms. The van der Waals surface area contributed by atoms with Gasteiger partial charge in [0.2, 0.25) is 0 Å². The van der Waals surface area contributed by atoms with Gasteiger partial charge in [-0.1, -0.05) is 45.4 Å². The lowest BCUT2D eigenvalue weighted by Gasteiger charge is -2.05. The fourth-order valence-corrected chi connectivity index (χ4v) is 2.47. The molecular weight excluding hydrogens is 308 g/mol. The molecule has 1 aromatic rings. The number of carbonyl (C=O) groups excluding carboxylic acids is 1. The zero-order valence-corrected chi connectivity index (χ0v) is 10.5. The van der Waals surface area contributed by atoms with Crippen LogP contribution >= 0.6 is 31.9 Å². The number of benzene rings is 1. The smallest absolute Gasteiger partial charge is 0.130 e. The summed E-state index contributed by atoms with van der Waals surface area (Å²) in [4.78, 5) is 10.8. The number of carbonyl (C=O) groups is 1. The molecule has 0 heterocycles. The molecular formula is C11H14Br2O. The Balaban J connectivity index is 0.00000169. The fourth-order valence-electron chi connectivity index (χ4n) is 1.07. The molecule has 0 aliphatic carbocycles. The maximum Gasteiger partial charge on any atom is 0.130 e. The van der Waals surface area contributed by atoms with Crippen molar-refractivity contribution in [2.75, 3.05) is 0 Å². The lowest BCUT2D eigenvalue weighted by Crippen LogP contribution is -1.95. The van der Waals surface area contributed by atoms with E-state index in [0.29, 0.717) is 6.42 Å². The Bertz CT molecular complexity index is 301. The number of Topliss-reactive ketones (excluding diaryl/α,β-unsaturated/α-hetero) is 1. The molecule has 1 aromatic carbocycles. The summed E-state index contributed by atoms with van der Waals surface area (Å²) in [5.74, 6) is 0.225. The van der Waals surface area contributed by atoms with E-state index >= 15 is 0 Å². The first-order chi connectivity index (χ1) is 6.11. The molecule has 0 spiro atoms. The summed E-state index contributed by atoms with van der Waals surface area (Å²) in [6.07, 6.45) is 1.39. The number of hydrogen-bond donors (Lipinski definition) is 0. The molecule has 1 rings (SSSR count). The zero-order valence-electron chi connectivity index (χ0n) is 7.31. The summed E-state index contributed by atoms with van der Waals surface area (Å²) in [7, 11) is 0. The van der Waals surface area contributed by atoms with Gasteiger partial charge in [-0.25, -0.2) is 0 Å². The van der Waals surface area contributed by atoms with Gasteiger partial charge in [-0.05, 0) is 31.0 Å². The van der Waals surface area contributed by atoms with Gasteiger partial charge in [0.25, 0.3) is 0 Å². The van der Waals surface area contributed by atoms with Crippen molar-refractivity contribution < 1.29 is 4.79 Å². The fraction of sp³-hybridized carbons (Fsp3) is 0.364. The molecule has 0 N–H and O–H groups in total. The molecule has 0 saturated heterocycles. The molecule has 0 aliphatic rings.